The summed E-state index contributed by atoms with van der Waals surface area (Å²) in [7, 11) is 0. The van der Waals surface area contributed by atoms with Crippen molar-refractivity contribution < 1.29 is 9.59 Å². The van der Waals surface area contributed by atoms with E-state index in [2.05, 4.69) is 9.97 Å². The fourth-order valence-electron chi connectivity index (χ4n) is 2.54. The van der Waals surface area contributed by atoms with Gasteiger partial charge >= 0.3 is 0 Å². The van der Waals surface area contributed by atoms with Gasteiger partial charge in [-0.05, 0) is 23.6 Å². The van der Waals surface area contributed by atoms with Crippen molar-refractivity contribution in [1.82, 2.24) is 14.9 Å². The molecule has 4 rings (SSSR count). The van der Waals surface area contributed by atoms with Gasteiger partial charge in [-0.2, -0.15) is 0 Å². The number of amides is 2. The average Bonchev–Trinajstić information content (AvgIpc) is 3.15. The van der Waals surface area contributed by atoms with Crippen molar-refractivity contribution in [2.24, 2.45) is 0 Å². The van der Waals surface area contributed by atoms with E-state index in [0.29, 0.717) is 23.4 Å². The summed E-state index contributed by atoms with van der Waals surface area (Å²) < 4.78 is 1.04. The minimum atomic E-state index is -0.213. The predicted octanol–water partition coefficient (Wildman–Crippen LogP) is 3.08. The van der Waals surface area contributed by atoms with Crippen LogP contribution in [0.1, 0.15) is 20.7 Å². The Hall–Kier alpha value is -2.25. The Morgan fingerprint density at radius 1 is 1.04 bits per heavy atom. The molecule has 1 aliphatic heterocycles. The maximum atomic E-state index is 12.3. The Morgan fingerprint density at radius 3 is 2.52 bits per heavy atom. The number of aromatic nitrogens is 2. The fraction of sp³-hybridized carbons (Fsp3) is 0.125. The Balaban J connectivity index is 1.47. The Labute approximate surface area is 140 Å². The number of rotatable bonds is 4. The van der Waals surface area contributed by atoms with E-state index in [4.69, 9.17) is 0 Å². The molecule has 7 heteroatoms. The molecule has 1 aliphatic rings. The molecular weight excluding hydrogens is 330 g/mol. The van der Waals surface area contributed by atoms with Crippen LogP contribution in [0.25, 0.3) is 10.2 Å². The molecule has 0 bridgehead atoms. The van der Waals surface area contributed by atoms with E-state index in [0.717, 1.165) is 15.2 Å². The van der Waals surface area contributed by atoms with Crippen molar-refractivity contribution in [1.29, 1.82) is 0 Å². The number of thioether (sulfide) groups is 1. The van der Waals surface area contributed by atoms with E-state index in [1.54, 1.807) is 41.9 Å². The highest BCUT2D eigenvalue weighted by Crippen LogP contribution is 2.29. The van der Waals surface area contributed by atoms with Crippen LogP contribution in [-0.4, -0.2) is 39.0 Å². The molecule has 1 aromatic carbocycles. The summed E-state index contributed by atoms with van der Waals surface area (Å²) in [6.07, 6.45) is 1.54. The van der Waals surface area contributed by atoms with Gasteiger partial charge in [-0.1, -0.05) is 12.1 Å². The number of carbonyl (C=O) groups excluding carboxylic acids is 2. The monoisotopic (exact) mass is 341 g/mol. The standard InChI is InChI=1S/C16H11N3O2S2/c20-15-10-3-1-2-4-11(10)16(21)19(15)6-8-23-14-13-12(5-7-22-13)17-9-18-14/h1-5,7,9H,6,8H2. The molecule has 0 fully saturated rings. The first kappa shape index (κ1) is 14.3. The summed E-state index contributed by atoms with van der Waals surface area (Å²) in [6, 6.07) is 8.90. The van der Waals surface area contributed by atoms with E-state index < -0.39 is 0 Å². The summed E-state index contributed by atoms with van der Waals surface area (Å²) in [4.78, 5) is 34.4. The quantitative estimate of drug-likeness (QED) is 0.414. The largest absolute Gasteiger partial charge is 0.273 e. The number of imide groups is 1. The normalized spacial score (nSPS) is 13.8. The van der Waals surface area contributed by atoms with Gasteiger partial charge < -0.3 is 0 Å². The average molecular weight is 341 g/mol. The summed E-state index contributed by atoms with van der Waals surface area (Å²) in [6.45, 7) is 0.369. The van der Waals surface area contributed by atoms with Crippen LogP contribution in [0.2, 0.25) is 0 Å². The second-order valence-corrected chi connectivity index (χ2v) is 6.97. The lowest BCUT2D eigenvalue weighted by molar-refractivity contribution is 0.0664. The first-order chi connectivity index (χ1) is 11.3. The second kappa shape index (κ2) is 5.75. The molecule has 0 saturated heterocycles. The highest BCUT2D eigenvalue weighted by Gasteiger charge is 2.34. The molecule has 2 amide bonds. The predicted molar refractivity (Wildman–Crippen MR) is 89.9 cm³/mol. The van der Waals surface area contributed by atoms with Crippen molar-refractivity contribution in [2.75, 3.05) is 12.3 Å². The van der Waals surface area contributed by atoms with E-state index in [-0.39, 0.29) is 11.8 Å². The van der Waals surface area contributed by atoms with Crippen molar-refractivity contribution in [3.05, 3.63) is 53.2 Å². The van der Waals surface area contributed by atoms with E-state index in [1.165, 1.54) is 16.7 Å². The minimum absolute atomic E-state index is 0.213. The summed E-state index contributed by atoms with van der Waals surface area (Å²) >= 11 is 3.13. The number of nitrogens with zero attached hydrogens (tertiary/aromatic N) is 3. The third-order valence-electron chi connectivity index (χ3n) is 3.64. The van der Waals surface area contributed by atoms with Crippen molar-refractivity contribution in [2.45, 2.75) is 5.03 Å². The van der Waals surface area contributed by atoms with E-state index in [9.17, 15) is 9.59 Å². The van der Waals surface area contributed by atoms with E-state index >= 15 is 0 Å². The molecule has 2 aromatic heterocycles. The van der Waals surface area contributed by atoms with Crippen molar-refractivity contribution in [3.8, 4) is 0 Å². The van der Waals surface area contributed by atoms with Crippen LogP contribution >= 0.6 is 23.1 Å². The third-order valence-corrected chi connectivity index (χ3v) is 5.65. The first-order valence-electron chi connectivity index (χ1n) is 7.02. The second-order valence-electron chi connectivity index (χ2n) is 4.97. The number of carbonyl (C=O) groups is 2. The molecule has 3 aromatic rings. The number of benzene rings is 1. The van der Waals surface area contributed by atoms with Gasteiger partial charge in [0.2, 0.25) is 0 Å². The zero-order chi connectivity index (χ0) is 15.8. The molecule has 23 heavy (non-hydrogen) atoms. The van der Waals surface area contributed by atoms with Crippen LogP contribution in [0.15, 0.2) is 47.1 Å². The van der Waals surface area contributed by atoms with Crippen LogP contribution in [0, 0.1) is 0 Å². The van der Waals surface area contributed by atoms with Crippen molar-refractivity contribution in [3.63, 3.8) is 0 Å². The maximum absolute atomic E-state index is 12.3. The fourth-order valence-corrected chi connectivity index (χ4v) is 4.42. The van der Waals surface area contributed by atoms with Gasteiger partial charge in [0.05, 0.1) is 21.3 Å². The molecular formula is C16H11N3O2S2. The van der Waals surface area contributed by atoms with Gasteiger partial charge in [-0.15, -0.1) is 23.1 Å². The van der Waals surface area contributed by atoms with Crippen LogP contribution in [0.4, 0.5) is 0 Å². The maximum Gasteiger partial charge on any atom is 0.261 e. The van der Waals surface area contributed by atoms with Crippen LogP contribution in [-0.2, 0) is 0 Å². The smallest absolute Gasteiger partial charge is 0.261 e. The Morgan fingerprint density at radius 2 is 1.78 bits per heavy atom. The molecule has 0 aliphatic carbocycles. The number of thiophene rings is 1. The molecule has 0 spiro atoms. The third kappa shape index (κ3) is 2.42. The topological polar surface area (TPSA) is 63.2 Å². The summed E-state index contributed by atoms with van der Waals surface area (Å²) in [5.41, 5.74) is 1.91. The molecule has 0 radical (unpaired) electrons. The SMILES string of the molecule is O=C1c2ccccc2C(=O)N1CCSc1ncnc2ccsc12. The van der Waals surface area contributed by atoms with Crippen LogP contribution < -0.4 is 0 Å². The minimum Gasteiger partial charge on any atom is -0.273 e. The number of fused-ring (bicyclic) bond motifs is 2. The van der Waals surface area contributed by atoms with Crippen molar-refractivity contribution >= 4 is 45.1 Å². The Bertz CT molecular complexity index is 887. The lowest BCUT2D eigenvalue weighted by Gasteiger charge is -2.13. The zero-order valence-corrected chi connectivity index (χ0v) is 13.6. The molecule has 0 saturated carbocycles. The number of hydrogen-bond acceptors (Lipinski definition) is 6. The highest BCUT2D eigenvalue weighted by molar-refractivity contribution is 7.99. The number of hydrogen-bond donors (Lipinski definition) is 0. The zero-order valence-electron chi connectivity index (χ0n) is 11.9. The molecule has 0 atom stereocenters. The van der Waals surface area contributed by atoms with Gasteiger partial charge in [0.1, 0.15) is 11.4 Å². The highest BCUT2D eigenvalue weighted by atomic mass is 32.2. The molecule has 5 nitrogen and oxygen atoms in total. The molecule has 0 N–H and O–H groups in total. The van der Waals surface area contributed by atoms with Gasteiger partial charge in [0.15, 0.2) is 0 Å². The Kier molecular flexibility index (Phi) is 3.59. The summed E-state index contributed by atoms with van der Waals surface area (Å²) in [5, 5.41) is 2.87. The lowest BCUT2D eigenvalue weighted by Crippen LogP contribution is -2.31. The molecule has 0 unspecified atom stereocenters. The molecule has 3 heterocycles. The molecule has 114 valence electrons. The summed E-state index contributed by atoms with van der Waals surface area (Å²) in [5.74, 6) is 0.181. The first-order valence-corrected chi connectivity index (χ1v) is 8.88. The van der Waals surface area contributed by atoms with Crippen LogP contribution in [0.5, 0.6) is 0 Å². The van der Waals surface area contributed by atoms with Gasteiger partial charge in [-0.25, -0.2) is 9.97 Å². The van der Waals surface area contributed by atoms with Gasteiger partial charge in [0, 0.05) is 12.3 Å². The lowest BCUT2D eigenvalue weighted by atomic mass is 10.1. The van der Waals surface area contributed by atoms with Crippen LogP contribution in [0.3, 0.4) is 0 Å². The van der Waals surface area contributed by atoms with Gasteiger partial charge in [0.25, 0.3) is 11.8 Å². The van der Waals surface area contributed by atoms with E-state index in [1.807, 2.05) is 11.4 Å². The van der Waals surface area contributed by atoms with Gasteiger partial charge in [-0.3, -0.25) is 14.5 Å².